The SMILES string of the molecule is CCC(c1nccc(C(F)(F)F)n1)N1CCNCC1. The van der Waals surface area contributed by atoms with E-state index >= 15 is 0 Å². The Morgan fingerprint density at radius 1 is 1.37 bits per heavy atom. The van der Waals surface area contributed by atoms with Gasteiger partial charge < -0.3 is 5.32 Å². The molecule has 19 heavy (non-hydrogen) atoms. The molecule has 0 aliphatic carbocycles. The van der Waals surface area contributed by atoms with Gasteiger partial charge in [-0.05, 0) is 12.5 Å². The summed E-state index contributed by atoms with van der Waals surface area (Å²) in [5, 5.41) is 3.22. The van der Waals surface area contributed by atoms with E-state index in [1.165, 1.54) is 6.20 Å². The maximum absolute atomic E-state index is 12.7. The van der Waals surface area contributed by atoms with Crippen molar-refractivity contribution < 1.29 is 13.2 Å². The number of rotatable bonds is 3. The molecule has 1 fully saturated rings. The summed E-state index contributed by atoms with van der Waals surface area (Å²) in [4.78, 5) is 9.85. The fraction of sp³-hybridized carbons (Fsp3) is 0.667. The molecular weight excluding hydrogens is 257 g/mol. The van der Waals surface area contributed by atoms with Gasteiger partial charge in [-0.1, -0.05) is 6.92 Å². The van der Waals surface area contributed by atoms with E-state index in [0.29, 0.717) is 6.42 Å². The molecule has 1 N–H and O–H groups in total. The molecule has 106 valence electrons. The highest BCUT2D eigenvalue weighted by Crippen LogP contribution is 2.29. The van der Waals surface area contributed by atoms with Crippen molar-refractivity contribution in [2.45, 2.75) is 25.6 Å². The Bertz CT molecular complexity index is 416. The van der Waals surface area contributed by atoms with E-state index < -0.39 is 11.9 Å². The summed E-state index contributed by atoms with van der Waals surface area (Å²) in [7, 11) is 0. The molecule has 0 radical (unpaired) electrons. The number of nitrogens with zero attached hydrogens (tertiary/aromatic N) is 3. The molecule has 1 unspecified atom stereocenters. The summed E-state index contributed by atoms with van der Waals surface area (Å²) in [5.41, 5.74) is -0.869. The summed E-state index contributed by atoms with van der Waals surface area (Å²) in [5.74, 6) is 0.263. The Morgan fingerprint density at radius 3 is 2.63 bits per heavy atom. The number of nitrogens with one attached hydrogen (secondary N) is 1. The van der Waals surface area contributed by atoms with E-state index in [1.807, 2.05) is 6.92 Å². The minimum Gasteiger partial charge on any atom is -0.314 e. The van der Waals surface area contributed by atoms with Gasteiger partial charge in [-0.3, -0.25) is 4.90 Å². The van der Waals surface area contributed by atoms with Crippen LogP contribution >= 0.6 is 0 Å². The first-order valence-corrected chi connectivity index (χ1v) is 6.37. The van der Waals surface area contributed by atoms with Gasteiger partial charge in [-0.2, -0.15) is 13.2 Å². The van der Waals surface area contributed by atoms with Crippen LogP contribution in [0.5, 0.6) is 0 Å². The van der Waals surface area contributed by atoms with Crippen molar-refractivity contribution in [2.75, 3.05) is 26.2 Å². The lowest BCUT2D eigenvalue weighted by atomic mass is 10.1. The summed E-state index contributed by atoms with van der Waals surface area (Å²) in [6.45, 7) is 5.23. The van der Waals surface area contributed by atoms with Crippen LogP contribution in [0.3, 0.4) is 0 Å². The minimum atomic E-state index is -4.42. The molecule has 1 aliphatic rings. The highest BCUT2D eigenvalue weighted by molar-refractivity contribution is 5.08. The molecule has 0 bridgehead atoms. The first-order valence-electron chi connectivity index (χ1n) is 6.37. The van der Waals surface area contributed by atoms with E-state index in [9.17, 15) is 13.2 Å². The lowest BCUT2D eigenvalue weighted by Crippen LogP contribution is -2.45. The lowest BCUT2D eigenvalue weighted by molar-refractivity contribution is -0.141. The average molecular weight is 274 g/mol. The molecule has 7 heteroatoms. The van der Waals surface area contributed by atoms with E-state index in [4.69, 9.17) is 0 Å². The third-order valence-corrected chi connectivity index (χ3v) is 3.24. The molecule has 4 nitrogen and oxygen atoms in total. The van der Waals surface area contributed by atoms with Crippen molar-refractivity contribution >= 4 is 0 Å². The van der Waals surface area contributed by atoms with Crippen molar-refractivity contribution in [2.24, 2.45) is 0 Å². The van der Waals surface area contributed by atoms with Crippen molar-refractivity contribution in [1.29, 1.82) is 0 Å². The third-order valence-electron chi connectivity index (χ3n) is 3.24. The zero-order chi connectivity index (χ0) is 13.9. The van der Waals surface area contributed by atoms with Crippen LogP contribution in [0.15, 0.2) is 12.3 Å². The molecule has 1 aromatic rings. The third kappa shape index (κ3) is 3.42. The molecular formula is C12H17F3N4. The largest absolute Gasteiger partial charge is 0.433 e. The van der Waals surface area contributed by atoms with Crippen molar-refractivity contribution in [1.82, 2.24) is 20.2 Å². The second-order valence-corrected chi connectivity index (χ2v) is 4.51. The Morgan fingerprint density at radius 2 is 2.05 bits per heavy atom. The predicted molar refractivity (Wildman–Crippen MR) is 64.5 cm³/mol. The van der Waals surface area contributed by atoms with Gasteiger partial charge in [0.05, 0.1) is 6.04 Å². The fourth-order valence-electron chi connectivity index (χ4n) is 2.29. The Balaban J connectivity index is 2.22. The van der Waals surface area contributed by atoms with Crippen LogP contribution in [0.4, 0.5) is 13.2 Å². The normalized spacial score (nSPS) is 19.4. The quantitative estimate of drug-likeness (QED) is 0.913. The monoisotopic (exact) mass is 274 g/mol. The van der Waals surface area contributed by atoms with E-state index in [-0.39, 0.29) is 11.9 Å². The zero-order valence-electron chi connectivity index (χ0n) is 10.7. The standard InChI is InChI=1S/C12H17F3N4/c1-2-9(19-7-5-16-6-8-19)11-17-4-3-10(18-11)12(13,14)15/h3-4,9,16H,2,5-8H2,1H3. The van der Waals surface area contributed by atoms with Crippen molar-refractivity contribution in [3.8, 4) is 0 Å². The number of alkyl halides is 3. The van der Waals surface area contributed by atoms with Crippen molar-refractivity contribution in [3.05, 3.63) is 23.8 Å². The van der Waals surface area contributed by atoms with Crippen LogP contribution in [-0.2, 0) is 6.18 Å². The number of hydrogen-bond acceptors (Lipinski definition) is 4. The molecule has 1 aromatic heterocycles. The highest BCUT2D eigenvalue weighted by atomic mass is 19.4. The maximum Gasteiger partial charge on any atom is 0.433 e. The topological polar surface area (TPSA) is 41.1 Å². The van der Waals surface area contributed by atoms with Gasteiger partial charge in [0, 0.05) is 32.4 Å². The molecule has 0 amide bonds. The van der Waals surface area contributed by atoms with Gasteiger partial charge in [-0.15, -0.1) is 0 Å². The molecule has 1 saturated heterocycles. The van der Waals surface area contributed by atoms with E-state index in [1.54, 1.807) is 0 Å². The molecule has 1 atom stereocenters. The number of piperazine rings is 1. The van der Waals surface area contributed by atoms with Gasteiger partial charge in [0.15, 0.2) is 0 Å². The molecule has 0 saturated carbocycles. The van der Waals surface area contributed by atoms with Crippen LogP contribution in [0.1, 0.15) is 30.9 Å². The van der Waals surface area contributed by atoms with Crippen molar-refractivity contribution in [3.63, 3.8) is 0 Å². The molecule has 0 aromatic carbocycles. The van der Waals surface area contributed by atoms with Gasteiger partial charge in [0.2, 0.25) is 0 Å². The van der Waals surface area contributed by atoms with E-state index in [0.717, 1.165) is 32.2 Å². The van der Waals surface area contributed by atoms with E-state index in [2.05, 4.69) is 20.2 Å². The van der Waals surface area contributed by atoms with Gasteiger partial charge in [-0.25, -0.2) is 9.97 Å². The predicted octanol–water partition coefficient (Wildman–Crippen LogP) is 1.85. The minimum absolute atomic E-state index is 0.149. The first-order chi connectivity index (χ1) is 9.02. The molecule has 2 rings (SSSR count). The number of halogens is 3. The maximum atomic E-state index is 12.7. The Kier molecular flexibility index (Phi) is 4.36. The smallest absolute Gasteiger partial charge is 0.314 e. The van der Waals surface area contributed by atoms with Crippen LogP contribution in [0, 0.1) is 0 Å². The zero-order valence-corrected chi connectivity index (χ0v) is 10.7. The highest BCUT2D eigenvalue weighted by Gasteiger charge is 2.34. The van der Waals surface area contributed by atoms with Crippen LogP contribution in [0.2, 0.25) is 0 Å². The summed E-state index contributed by atoms with van der Waals surface area (Å²) < 4.78 is 38.0. The second kappa shape index (κ2) is 5.83. The first kappa shape index (κ1) is 14.2. The molecule has 0 spiro atoms. The number of aromatic nitrogens is 2. The molecule has 2 heterocycles. The van der Waals surface area contributed by atoms with Crippen LogP contribution in [0.25, 0.3) is 0 Å². The Labute approximate surface area is 110 Å². The van der Waals surface area contributed by atoms with Gasteiger partial charge in [0.25, 0.3) is 0 Å². The fourth-order valence-corrected chi connectivity index (χ4v) is 2.29. The number of hydrogen-bond donors (Lipinski definition) is 1. The van der Waals surface area contributed by atoms with Gasteiger partial charge in [0.1, 0.15) is 11.5 Å². The summed E-state index contributed by atoms with van der Waals surface area (Å²) in [6.07, 6.45) is -2.53. The summed E-state index contributed by atoms with van der Waals surface area (Å²) >= 11 is 0. The Hall–Kier alpha value is -1.21. The van der Waals surface area contributed by atoms with Gasteiger partial charge >= 0.3 is 6.18 Å². The van der Waals surface area contributed by atoms with Crippen LogP contribution < -0.4 is 5.32 Å². The molecule has 1 aliphatic heterocycles. The average Bonchev–Trinajstić information content (AvgIpc) is 2.40. The summed E-state index contributed by atoms with van der Waals surface area (Å²) in [6, 6.07) is 0.762. The van der Waals surface area contributed by atoms with Crippen LogP contribution in [-0.4, -0.2) is 41.0 Å². The second-order valence-electron chi connectivity index (χ2n) is 4.51. The lowest BCUT2D eigenvalue weighted by Gasteiger charge is -2.33.